The summed E-state index contributed by atoms with van der Waals surface area (Å²) >= 11 is 0. The second-order valence-electron chi connectivity index (χ2n) is 4.90. The zero-order valence-electron chi connectivity index (χ0n) is 11.6. The molecule has 1 fully saturated rings. The van der Waals surface area contributed by atoms with E-state index in [9.17, 15) is 0 Å². The number of ether oxygens (including phenoxy) is 2. The molecular formula is C14H22N2O3. The molecule has 1 heterocycles. The van der Waals surface area contributed by atoms with Gasteiger partial charge in [-0.2, -0.15) is 0 Å². The SMILES string of the molecule is COc1cccc(CNO)c1OC1CCN(C)CC1. The fourth-order valence-electron chi connectivity index (χ4n) is 2.35. The number of piperidine rings is 1. The van der Waals surface area contributed by atoms with Gasteiger partial charge in [0.25, 0.3) is 0 Å². The van der Waals surface area contributed by atoms with Crippen LogP contribution in [0.3, 0.4) is 0 Å². The number of hydroxylamine groups is 1. The van der Waals surface area contributed by atoms with E-state index in [4.69, 9.17) is 14.7 Å². The quantitative estimate of drug-likeness (QED) is 0.794. The lowest BCUT2D eigenvalue weighted by atomic mass is 10.1. The predicted octanol–water partition coefficient (Wildman–Crippen LogP) is 1.65. The van der Waals surface area contributed by atoms with E-state index in [0.717, 1.165) is 37.2 Å². The maximum Gasteiger partial charge on any atom is 0.166 e. The molecule has 19 heavy (non-hydrogen) atoms. The smallest absolute Gasteiger partial charge is 0.166 e. The first kappa shape index (κ1) is 14.1. The van der Waals surface area contributed by atoms with Crippen molar-refractivity contribution in [2.24, 2.45) is 0 Å². The number of methoxy groups -OCH3 is 1. The van der Waals surface area contributed by atoms with Gasteiger partial charge in [0, 0.05) is 25.2 Å². The Kier molecular flexibility index (Phi) is 5.01. The van der Waals surface area contributed by atoms with Crippen LogP contribution in [-0.4, -0.2) is 43.5 Å². The Morgan fingerprint density at radius 2 is 2.11 bits per heavy atom. The molecule has 0 aromatic heterocycles. The van der Waals surface area contributed by atoms with E-state index in [-0.39, 0.29) is 6.10 Å². The van der Waals surface area contributed by atoms with Crippen molar-refractivity contribution in [1.82, 2.24) is 10.4 Å². The summed E-state index contributed by atoms with van der Waals surface area (Å²) in [4.78, 5) is 2.30. The standard InChI is InChI=1S/C14H22N2O3/c1-16-8-6-12(7-9-16)19-14-11(10-15-17)4-3-5-13(14)18-2/h3-5,12,15,17H,6-10H2,1-2H3. The largest absolute Gasteiger partial charge is 0.493 e. The summed E-state index contributed by atoms with van der Waals surface area (Å²) in [7, 11) is 3.76. The highest BCUT2D eigenvalue weighted by Gasteiger charge is 2.21. The maximum absolute atomic E-state index is 8.90. The van der Waals surface area contributed by atoms with Crippen LogP contribution in [0.15, 0.2) is 18.2 Å². The monoisotopic (exact) mass is 266 g/mol. The molecule has 1 aliphatic heterocycles. The molecule has 0 bridgehead atoms. The second-order valence-corrected chi connectivity index (χ2v) is 4.90. The van der Waals surface area contributed by atoms with Crippen LogP contribution in [0, 0.1) is 0 Å². The Morgan fingerprint density at radius 3 is 2.74 bits per heavy atom. The van der Waals surface area contributed by atoms with E-state index >= 15 is 0 Å². The molecule has 5 nitrogen and oxygen atoms in total. The molecule has 0 spiro atoms. The first-order valence-electron chi connectivity index (χ1n) is 6.62. The lowest BCUT2D eigenvalue weighted by Gasteiger charge is -2.30. The van der Waals surface area contributed by atoms with Crippen molar-refractivity contribution in [3.05, 3.63) is 23.8 Å². The third kappa shape index (κ3) is 3.59. The molecule has 2 N–H and O–H groups in total. The Hall–Kier alpha value is -1.30. The molecule has 1 aromatic carbocycles. The third-order valence-electron chi connectivity index (χ3n) is 3.50. The zero-order chi connectivity index (χ0) is 13.7. The first-order valence-corrected chi connectivity index (χ1v) is 6.62. The van der Waals surface area contributed by atoms with Crippen LogP contribution in [0.1, 0.15) is 18.4 Å². The number of hydrogen-bond donors (Lipinski definition) is 2. The summed E-state index contributed by atoms with van der Waals surface area (Å²) in [5.74, 6) is 1.45. The van der Waals surface area contributed by atoms with Gasteiger partial charge in [-0.05, 0) is 26.0 Å². The topological polar surface area (TPSA) is 54.0 Å². The van der Waals surface area contributed by atoms with E-state index in [0.29, 0.717) is 12.3 Å². The van der Waals surface area contributed by atoms with Crippen molar-refractivity contribution in [3.8, 4) is 11.5 Å². The lowest BCUT2D eigenvalue weighted by Crippen LogP contribution is -2.35. The molecular weight excluding hydrogens is 244 g/mol. The summed E-state index contributed by atoms with van der Waals surface area (Å²) in [5, 5.41) is 8.90. The molecule has 1 aromatic rings. The van der Waals surface area contributed by atoms with Crippen molar-refractivity contribution in [2.45, 2.75) is 25.5 Å². The number of rotatable bonds is 5. The van der Waals surface area contributed by atoms with Crippen molar-refractivity contribution in [3.63, 3.8) is 0 Å². The van der Waals surface area contributed by atoms with E-state index in [1.165, 1.54) is 0 Å². The highest BCUT2D eigenvalue weighted by Crippen LogP contribution is 2.33. The van der Waals surface area contributed by atoms with Crippen LogP contribution in [0.2, 0.25) is 0 Å². The van der Waals surface area contributed by atoms with Gasteiger partial charge in [0.05, 0.1) is 7.11 Å². The van der Waals surface area contributed by atoms with Gasteiger partial charge in [0.1, 0.15) is 6.10 Å². The number of benzene rings is 1. The van der Waals surface area contributed by atoms with Gasteiger partial charge in [0.2, 0.25) is 0 Å². The molecule has 1 aliphatic rings. The molecule has 5 heteroatoms. The summed E-state index contributed by atoms with van der Waals surface area (Å²) < 4.78 is 11.5. The van der Waals surface area contributed by atoms with Crippen LogP contribution in [0.4, 0.5) is 0 Å². The molecule has 0 aliphatic carbocycles. The van der Waals surface area contributed by atoms with E-state index in [1.54, 1.807) is 7.11 Å². The number of nitrogens with zero attached hydrogens (tertiary/aromatic N) is 1. The van der Waals surface area contributed by atoms with Gasteiger partial charge in [-0.15, -0.1) is 0 Å². The minimum atomic E-state index is 0.213. The van der Waals surface area contributed by atoms with Crippen LogP contribution < -0.4 is 15.0 Å². The third-order valence-corrected chi connectivity index (χ3v) is 3.50. The molecule has 0 radical (unpaired) electrons. The van der Waals surface area contributed by atoms with E-state index in [2.05, 4.69) is 17.4 Å². The zero-order valence-corrected chi connectivity index (χ0v) is 11.6. The van der Waals surface area contributed by atoms with Gasteiger partial charge < -0.3 is 19.6 Å². The van der Waals surface area contributed by atoms with Gasteiger partial charge in [-0.1, -0.05) is 12.1 Å². The van der Waals surface area contributed by atoms with Gasteiger partial charge in [-0.25, -0.2) is 5.48 Å². The van der Waals surface area contributed by atoms with Crippen molar-refractivity contribution < 1.29 is 14.7 Å². The number of para-hydroxylation sites is 1. The lowest BCUT2D eigenvalue weighted by molar-refractivity contribution is 0.107. The van der Waals surface area contributed by atoms with Gasteiger partial charge in [-0.3, -0.25) is 0 Å². The van der Waals surface area contributed by atoms with Crippen LogP contribution >= 0.6 is 0 Å². The van der Waals surface area contributed by atoms with Crippen LogP contribution in [-0.2, 0) is 6.54 Å². The Labute approximate surface area is 114 Å². The Bertz CT molecular complexity index is 404. The van der Waals surface area contributed by atoms with Crippen molar-refractivity contribution in [2.75, 3.05) is 27.2 Å². The molecule has 0 saturated carbocycles. The Morgan fingerprint density at radius 1 is 1.37 bits per heavy atom. The first-order chi connectivity index (χ1) is 9.24. The van der Waals surface area contributed by atoms with E-state index < -0.39 is 0 Å². The number of nitrogens with one attached hydrogen (secondary N) is 1. The molecule has 106 valence electrons. The summed E-state index contributed by atoms with van der Waals surface area (Å²) in [6.07, 6.45) is 2.24. The molecule has 0 unspecified atom stereocenters. The minimum absolute atomic E-state index is 0.213. The van der Waals surface area contributed by atoms with Gasteiger partial charge >= 0.3 is 0 Å². The molecule has 1 saturated heterocycles. The average Bonchev–Trinajstić information content (AvgIpc) is 2.43. The summed E-state index contributed by atoms with van der Waals surface area (Å²) in [5.41, 5.74) is 3.08. The van der Waals surface area contributed by atoms with Crippen LogP contribution in [0.5, 0.6) is 11.5 Å². The fourth-order valence-corrected chi connectivity index (χ4v) is 2.35. The van der Waals surface area contributed by atoms with Gasteiger partial charge in [0.15, 0.2) is 11.5 Å². The summed E-state index contributed by atoms with van der Waals surface area (Å²) in [6, 6.07) is 5.70. The molecule has 2 rings (SSSR count). The second kappa shape index (κ2) is 6.75. The fraction of sp³-hybridized carbons (Fsp3) is 0.571. The van der Waals surface area contributed by atoms with Crippen molar-refractivity contribution in [1.29, 1.82) is 0 Å². The van der Waals surface area contributed by atoms with Crippen molar-refractivity contribution >= 4 is 0 Å². The molecule has 0 atom stereocenters. The number of likely N-dealkylation sites (tertiary alicyclic amines) is 1. The normalized spacial score (nSPS) is 17.4. The molecule has 0 amide bonds. The minimum Gasteiger partial charge on any atom is -0.493 e. The maximum atomic E-state index is 8.90. The highest BCUT2D eigenvalue weighted by molar-refractivity contribution is 5.46. The average molecular weight is 266 g/mol. The highest BCUT2D eigenvalue weighted by atomic mass is 16.5. The van der Waals surface area contributed by atoms with E-state index in [1.807, 2.05) is 18.2 Å². The Balaban J connectivity index is 2.12. The number of hydrogen-bond acceptors (Lipinski definition) is 5. The summed E-state index contributed by atoms with van der Waals surface area (Å²) in [6.45, 7) is 2.44. The predicted molar refractivity (Wildman–Crippen MR) is 72.8 cm³/mol. The van der Waals surface area contributed by atoms with Crippen LogP contribution in [0.25, 0.3) is 0 Å².